The van der Waals surface area contributed by atoms with E-state index in [2.05, 4.69) is 39.8 Å². The van der Waals surface area contributed by atoms with Crippen LogP contribution >= 0.6 is 0 Å². The van der Waals surface area contributed by atoms with Crippen molar-refractivity contribution in [1.82, 2.24) is 9.97 Å². The molecule has 0 aliphatic heterocycles. The highest BCUT2D eigenvalue weighted by molar-refractivity contribution is 5.66. The first-order valence-electron chi connectivity index (χ1n) is 6.88. The van der Waals surface area contributed by atoms with Gasteiger partial charge in [0.25, 0.3) is 0 Å². The Balaban J connectivity index is 2.42. The maximum Gasteiger partial charge on any atom is 0.148 e. The predicted molar refractivity (Wildman–Crippen MR) is 83.1 cm³/mol. The summed E-state index contributed by atoms with van der Waals surface area (Å²) in [5.41, 5.74) is 5.87. The molecule has 0 saturated carbocycles. The van der Waals surface area contributed by atoms with Crippen LogP contribution in [-0.2, 0) is 12.8 Å². The fraction of sp³-hybridized carbons (Fsp3) is 0.333. The van der Waals surface area contributed by atoms with Crippen molar-refractivity contribution < 1.29 is 0 Å². The summed E-state index contributed by atoms with van der Waals surface area (Å²) in [6, 6.07) is 8.23. The molecule has 0 spiro atoms. The van der Waals surface area contributed by atoms with Crippen LogP contribution in [0.5, 0.6) is 0 Å². The zero-order valence-electron chi connectivity index (χ0n) is 12.2. The number of hydrogen-bond donors (Lipinski definition) is 3. The Kier molecular flexibility index (Phi) is 4.53. The second-order valence-electron chi connectivity index (χ2n) is 4.60. The molecule has 4 N–H and O–H groups in total. The van der Waals surface area contributed by atoms with E-state index in [1.165, 1.54) is 5.56 Å². The Morgan fingerprint density at radius 3 is 2.40 bits per heavy atom. The Labute approximate surface area is 119 Å². The van der Waals surface area contributed by atoms with E-state index in [0.717, 1.165) is 35.7 Å². The van der Waals surface area contributed by atoms with Gasteiger partial charge >= 0.3 is 0 Å². The van der Waals surface area contributed by atoms with E-state index < -0.39 is 0 Å². The lowest BCUT2D eigenvalue weighted by Crippen LogP contribution is -2.14. The average Bonchev–Trinajstić information content (AvgIpc) is 2.49. The highest BCUT2D eigenvalue weighted by atomic mass is 15.3. The van der Waals surface area contributed by atoms with Crippen LogP contribution in [0.4, 0.5) is 17.3 Å². The van der Waals surface area contributed by atoms with Gasteiger partial charge in [0.2, 0.25) is 0 Å². The molecule has 1 aromatic carbocycles. The number of hydrazine groups is 1. The summed E-state index contributed by atoms with van der Waals surface area (Å²) in [4.78, 5) is 8.92. The third-order valence-corrected chi connectivity index (χ3v) is 3.30. The maximum atomic E-state index is 5.52. The average molecular weight is 271 g/mol. The van der Waals surface area contributed by atoms with Gasteiger partial charge in [0, 0.05) is 17.7 Å². The van der Waals surface area contributed by atoms with E-state index in [4.69, 9.17) is 5.84 Å². The number of nitrogen functional groups attached to an aromatic ring is 1. The zero-order chi connectivity index (χ0) is 14.5. The molecule has 5 nitrogen and oxygen atoms in total. The molecule has 0 aliphatic carbocycles. The first-order chi connectivity index (χ1) is 9.69. The fourth-order valence-corrected chi connectivity index (χ4v) is 2.06. The molecular formula is C15H21N5. The van der Waals surface area contributed by atoms with E-state index in [-0.39, 0.29) is 0 Å². The minimum Gasteiger partial charge on any atom is -0.340 e. The van der Waals surface area contributed by atoms with Crippen LogP contribution < -0.4 is 16.6 Å². The molecule has 0 atom stereocenters. The molecule has 106 valence electrons. The zero-order valence-corrected chi connectivity index (χ0v) is 12.2. The van der Waals surface area contributed by atoms with Crippen molar-refractivity contribution in [2.45, 2.75) is 33.6 Å². The van der Waals surface area contributed by atoms with E-state index in [1.807, 2.05) is 26.0 Å². The maximum absolute atomic E-state index is 5.52. The number of para-hydroxylation sites is 1. The van der Waals surface area contributed by atoms with Gasteiger partial charge in [-0.25, -0.2) is 15.8 Å². The van der Waals surface area contributed by atoms with Crippen molar-refractivity contribution >= 4 is 17.3 Å². The Morgan fingerprint density at radius 1 is 1.05 bits per heavy atom. The molecule has 1 aromatic heterocycles. The Morgan fingerprint density at radius 2 is 1.75 bits per heavy atom. The molecule has 0 bridgehead atoms. The summed E-state index contributed by atoms with van der Waals surface area (Å²) >= 11 is 0. The van der Waals surface area contributed by atoms with Crippen molar-refractivity contribution in [3.05, 3.63) is 41.2 Å². The van der Waals surface area contributed by atoms with Gasteiger partial charge in [0.05, 0.1) is 0 Å². The van der Waals surface area contributed by atoms with Crippen LogP contribution in [0.2, 0.25) is 0 Å². The van der Waals surface area contributed by atoms with Crippen LogP contribution in [0.1, 0.15) is 30.8 Å². The van der Waals surface area contributed by atoms with Crippen LogP contribution in [0.25, 0.3) is 0 Å². The smallest absolute Gasteiger partial charge is 0.148 e. The van der Waals surface area contributed by atoms with Crippen LogP contribution in [0.3, 0.4) is 0 Å². The van der Waals surface area contributed by atoms with Gasteiger partial charge < -0.3 is 10.7 Å². The minimum absolute atomic E-state index is 0.660. The van der Waals surface area contributed by atoms with Crippen molar-refractivity contribution in [2.75, 3.05) is 10.7 Å². The lowest BCUT2D eigenvalue weighted by Gasteiger charge is -2.15. The molecule has 0 fully saturated rings. The molecule has 0 aliphatic rings. The van der Waals surface area contributed by atoms with E-state index in [0.29, 0.717) is 5.82 Å². The largest absolute Gasteiger partial charge is 0.340 e. The molecule has 2 aromatic rings. The topological polar surface area (TPSA) is 75.9 Å². The molecule has 0 amide bonds. The van der Waals surface area contributed by atoms with Gasteiger partial charge in [0.1, 0.15) is 17.5 Å². The minimum atomic E-state index is 0.660. The normalized spacial score (nSPS) is 10.4. The van der Waals surface area contributed by atoms with Crippen molar-refractivity contribution in [2.24, 2.45) is 5.84 Å². The molecule has 2 rings (SSSR count). The standard InChI is InChI=1S/C15H21N5/c1-4-11-8-6-7-9-12(11)17-14-10(3)15(20-16)19-13(5-2)18-14/h6-9H,4-5,16H2,1-3H3,(H2,17,18,19,20). The van der Waals surface area contributed by atoms with Gasteiger partial charge in [0.15, 0.2) is 0 Å². The molecule has 20 heavy (non-hydrogen) atoms. The van der Waals surface area contributed by atoms with Gasteiger partial charge in [-0.2, -0.15) is 0 Å². The Bertz CT molecular complexity index is 595. The summed E-state index contributed by atoms with van der Waals surface area (Å²) in [5, 5.41) is 3.39. The van der Waals surface area contributed by atoms with E-state index in [1.54, 1.807) is 0 Å². The highest BCUT2D eigenvalue weighted by Gasteiger charge is 2.10. The van der Waals surface area contributed by atoms with Crippen molar-refractivity contribution in [1.29, 1.82) is 0 Å². The van der Waals surface area contributed by atoms with E-state index >= 15 is 0 Å². The second kappa shape index (κ2) is 6.34. The summed E-state index contributed by atoms with van der Waals surface area (Å²) in [6.45, 7) is 6.11. The number of nitrogens with two attached hydrogens (primary N) is 1. The summed E-state index contributed by atoms with van der Waals surface area (Å²) in [7, 11) is 0. The molecule has 1 heterocycles. The van der Waals surface area contributed by atoms with Gasteiger partial charge in [-0.1, -0.05) is 32.0 Å². The van der Waals surface area contributed by atoms with Crippen molar-refractivity contribution in [3.8, 4) is 0 Å². The number of rotatable bonds is 5. The summed E-state index contributed by atoms with van der Waals surface area (Å²) in [6.07, 6.45) is 1.73. The third kappa shape index (κ3) is 2.88. The van der Waals surface area contributed by atoms with Crippen molar-refractivity contribution in [3.63, 3.8) is 0 Å². The Hall–Kier alpha value is -2.14. The number of aryl methyl sites for hydroxylation is 2. The molecule has 0 radical (unpaired) electrons. The first kappa shape index (κ1) is 14.3. The number of benzene rings is 1. The number of aromatic nitrogens is 2. The molecule has 0 unspecified atom stereocenters. The molecule has 5 heteroatoms. The lowest BCUT2D eigenvalue weighted by atomic mass is 10.1. The van der Waals surface area contributed by atoms with Crippen LogP contribution in [0, 0.1) is 6.92 Å². The van der Waals surface area contributed by atoms with Gasteiger partial charge in [-0.3, -0.25) is 0 Å². The number of nitrogens with zero attached hydrogens (tertiary/aromatic N) is 2. The highest BCUT2D eigenvalue weighted by Crippen LogP contribution is 2.25. The third-order valence-electron chi connectivity index (χ3n) is 3.30. The van der Waals surface area contributed by atoms with Crippen LogP contribution in [0.15, 0.2) is 24.3 Å². The SMILES string of the molecule is CCc1nc(NN)c(C)c(Nc2ccccc2CC)n1. The number of anilines is 3. The summed E-state index contributed by atoms with van der Waals surface area (Å²) < 4.78 is 0. The predicted octanol–water partition coefficient (Wildman–Crippen LogP) is 2.94. The first-order valence-corrected chi connectivity index (χ1v) is 6.88. The fourth-order valence-electron chi connectivity index (χ4n) is 2.06. The molecular weight excluding hydrogens is 250 g/mol. The second-order valence-corrected chi connectivity index (χ2v) is 4.60. The number of nitrogens with one attached hydrogen (secondary N) is 2. The summed E-state index contributed by atoms with van der Waals surface area (Å²) in [5.74, 6) is 7.75. The quantitative estimate of drug-likeness (QED) is 0.576. The van der Waals surface area contributed by atoms with E-state index in [9.17, 15) is 0 Å². The monoisotopic (exact) mass is 271 g/mol. The number of hydrogen-bond acceptors (Lipinski definition) is 5. The molecule has 0 saturated heterocycles. The van der Waals surface area contributed by atoms with Gasteiger partial charge in [-0.15, -0.1) is 0 Å². The van der Waals surface area contributed by atoms with Gasteiger partial charge in [-0.05, 0) is 25.0 Å². The van der Waals surface area contributed by atoms with Crippen LogP contribution in [-0.4, -0.2) is 9.97 Å². The lowest BCUT2D eigenvalue weighted by molar-refractivity contribution is 0.931.